The maximum atomic E-state index is 3.53. The molecule has 0 fully saturated rings. The summed E-state index contributed by atoms with van der Waals surface area (Å²) in [6, 6.07) is 8.63. The highest BCUT2D eigenvalue weighted by Crippen LogP contribution is 2.31. The molecule has 3 nitrogen and oxygen atoms in total. The fourth-order valence-electron chi connectivity index (χ4n) is 2.59. The molecule has 3 heteroatoms. The molecule has 19 heavy (non-hydrogen) atoms. The Balaban J connectivity index is 2.22. The number of benzene rings is 1. The molecule has 1 aromatic heterocycles. The first-order valence-electron chi connectivity index (χ1n) is 6.96. The zero-order chi connectivity index (χ0) is 13.9. The summed E-state index contributed by atoms with van der Waals surface area (Å²) in [5.74, 6) is 0. The quantitative estimate of drug-likeness (QED) is 0.779. The van der Waals surface area contributed by atoms with E-state index in [-0.39, 0.29) is 5.41 Å². The number of hydrogen-bond donors (Lipinski definition) is 2. The molecule has 0 unspecified atom stereocenters. The van der Waals surface area contributed by atoms with Crippen LogP contribution < -0.4 is 10.6 Å². The Hall–Kier alpha value is -1.32. The molecule has 0 aliphatic heterocycles. The third-order valence-electron chi connectivity index (χ3n) is 3.74. The fraction of sp³-hybridized carbons (Fsp3) is 0.500. The smallest absolute Gasteiger partial charge is 0.0480 e. The van der Waals surface area contributed by atoms with Gasteiger partial charge in [-0.25, -0.2) is 0 Å². The Bertz CT molecular complexity index is 540. The fourth-order valence-corrected chi connectivity index (χ4v) is 2.59. The van der Waals surface area contributed by atoms with Crippen LogP contribution in [0.5, 0.6) is 0 Å². The number of nitrogens with zero attached hydrogens (tertiary/aromatic N) is 1. The Kier molecular flexibility index (Phi) is 4.27. The van der Waals surface area contributed by atoms with Gasteiger partial charge < -0.3 is 15.2 Å². The van der Waals surface area contributed by atoms with Gasteiger partial charge in [0.15, 0.2) is 0 Å². The summed E-state index contributed by atoms with van der Waals surface area (Å²) in [5, 5.41) is 8.05. The van der Waals surface area contributed by atoms with Gasteiger partial charge in [-0.2, -0.15) is 0 Å². The molecule has 104 valence electrons. The predicted molar refractivity (Wildman–Crippen MR) is 82.7 cm³/mol. The van der Waals surface area contributed by atoms with Crippen molar-refractivity contribution >= 4 is 10.9 Å². The number of fused-ring (bicyclic) bond motifs is 1. The van der Waals surface area contributed by atoms with Crippen LogP contribution in [-0.4, -0.2) is 31.2 Å². The maximum absolute atomic E-state index is 3.53. The van der Waals surface area contributed by atoms with Gasteiger partial charge in [0.1, 0.15) is 0 Å². The average molecular weight is 259 g/mol. The minimum atomic E-state index is 0.134. The number of aromatic nitrogens is 1. The molecule has 1 heterocycles. The van der Waals surface area contributed by atoms with E-state index in [1.165, 1.54) is 16.5 Å². The third-order valence-corrected chi connectivity index (χ3v) is 3.74. The molecule has 0 aliphatic carbocycles. The first kappa shape index (κ1) is 14.1. The van der Waals surface area contributed by atoms with Crippen LogP contribution >= 0.6 is 0 Å². The first-order chi connectivity index (χ1) is 9.06. The number of para-hydroxylation sites is 1. The van der Waals surface area contributed by atoms with Crippen molar-refractivity contribution < 1.29 is 0 Å². The van der Waals surface area contributed by atoms with E-state index >= 15 is 0 Å². The van der Waals surface area contributed by atoms with Crippen molar-refractivity contribution in [2.24, 2.45) is 7.05 Å². The lowest BCUT2D eigenvalue weighted by Crippen LogP contribution is -2.36. The highest BCUT2D eigenvalue weighted by molar-refractivity contribution is 5.85. The molecule has 0 spiro atoms. The third kappa shape index (κ3) is 2.99. The molecule has 0 saturated heterocycles. The van der Waals surface area contributed by atoms with Gasteiger partial charge in [0.25, 0.3) is 0 Å². The molecule has 2 rings (SSSR count). The van der Waals surface area contributed by atoms with Crippen LogP contribution in [0.2, 0.25) is 0 Å². The second-order valence-electron chi connectivity index (χ2n) is 5.84. The highest BCUT2D eigenvalue weighted by atomic mass is 14.9. The van der Waals surface area contributed by atoms with Crippen molar-refractivity contribution in [3.05, 3.63) is 36.0 Å². The van der Waals surface area contributed by atoms with Gasteiger partial charge in [0, 0.05) is 49.2 Å². The summed E-state index contributed by atoms with van der Waals surface area (Å²) in [5.41, 5.74) is 2.86. The average Bonchev–Trinajstić information content (AvgIpc) is 2.74. The van der Waals surface area contributed by atoms with Gasteiger partial charge in [-0.05, 0) is 18.7 Å². The number of aryl methyl sites for hydroxylation is 1. The van der Waals surface area contributed by atoms with Crippen LogP contribution in [0.25, 0.3) is 10.9 Å². The van der Waals surface area contributed by atoms with Gasteiger partial charge in [0.05, 0.1) is 0 Å². The van der Waals surface area contributed by atoms with E-state index in [1.54, 1.807) is 0 Å². The molecule has 0 atom stereocenters. The van der Waals surface area contributed by atoms with Gasteiger partial charge >= 0.3 is 0 Å². The van der Waals surface area contributed by atoms with Crippen LogP contribution in [-0.2, 0) is 12.5 Å². The first-order valence-corrected chi connectivity index (χ1v) is 6.96. The van der Waals surface area contributed by atoms with E-state index in [4.69, 9.17) is 0 Å². The van der Waals surface area contributed by atoms with Crippen molar-refractivity contribution in [2.75, 3.05) is 26.7 Å². The largest absolute Gasteiger partial charge is 0.350 e. The second kappa shape index (κ2) is 5.76. The monoisotopic (exact) mass is 259 g/mol. The molecule has 0 aliphatic rings. The van der Waals surface area contributed by atoms with E-state index in [0.717, 1.165) is 19.6 Å². The van der Waals surface area contributed by atoms with Crippen LogP contribution in [0, 0.1) is 0 Å². The van der Waals surface area contributed by atoms with Crippen molar-refractivity contribution in [3.8, 4) is 0 Å². The highest BCUT2D eigenvalue weighted by Gasteiger charge is 2.24. The Morgan fingerprint density at radius 2 is 1.89 bits per heavy atom. The lowest BCUT2D eigenvalue weighted by molar-refractivity contribution is 0.470. The van der Waals surface area contributed by atoms with E-state index in [2.05, 4.69) is 66.6 Å². The van der Waals surface area contributed by atoms with Crippen molar-refractivity contribution in [1.29, 1.82) is 0 Å². The number of hydrogen-bond acceptors (Lipinski definition) is 2. The molecule has 1 aromatic carbocycles. The zero-order valence-electron chi connectivity index (χ0n) is 12.5. The molecular formula is C16H25N3. The van der Waals surface area contributed by atoms with E-state index in [1.807, 2.05) is 7.05 Å². The Morgan fingerprint density at radius 1 is 1.16 bits per heavy atom. The summed E-state index contributed by atoms with van der Waals surface area (Å²) in [6.45, 7) is 7.61. The molecule has 2 aromatic rings. The predicted octanol–water partition coefficient (Wildman–Crippen LogP) is 2.26. The minimum Gasteiger partial charge on any atom is -0.350 e. The topological polar surface area (TPSA) is 29.0 Å². The van der Waals surface area contributed by atoms with E-state index < -0.39 is 0 Å². The van der Waals surface area contributed by atoms with Crippen molar-refractivity contribution in [2.45, 2.75) is 19.3 Å². The van der Waals surface area contributed by atoms with Gasteiger partial charge in [-0.3, -0.25) is 0 Å². The molecule has 2 N–H and O–H groups in total. The summed E-state index contributed by atoms with van der Waals surface area (Å²) in [4.78, 5) is 0. The Morgan fingerprint density at radius 3 is 2.63 bits per heavy atom. The lowest BCUT2D eigenvalue weighted by Gasteiger charge is -2.25. The molecule has 0 radical (unpaired) electrons. The zero-order valence-corrected chi connectivity index (χ0v) is 12.5. The van der Waals surface area contributed by atoms with Crippen LogP contribution in [0.4, 0.5) is 0 Å². The molecule has 0 amide bonds. The number of rotatable bonds is 6. The molecule has 0 bridgehead atoms. The Labute approximate surface area is 116 Å². The van der Waals surface area contributed by atoms with Crippen LogP contribution in [0.1, 0.15) is 19.4 Å². The minimum absolute atomic E-state index is 0.134. The molecule has 0 saturated carbocycles. The van der Waals surface area contributed by atoms with Crippen LogP contribution in [0.3, 0.4) is 0 Å². The standard InChI is InChI=1S/C16H25N3/c1-16(2,12-18-10-9-17-3)14-11-19(4)15-8-6-5-7-13(14)15/h5-8,11,17-18H,9-10,12H2,1-4H3. The lowest BCUT2D eigenvalue weighted by atomic mass is 9.84. The maximum Gasteiger partial charge on any atom is 0.0480 e. The van der Waals surface area contributed by atoms with E-state index in [9.17, 15) is 0 Å². The second-order valence-corrected chi connectivity index (χ2v) is 5.84. The normalized spacial score (nSPS) is 12.2. The van der Waals surface area contributed by atoms with Gasteiger partial charge in [0.2, 0.25) is 0 Å². The van der Waals surface area contributed by atoms with Crippen molar-refractivity contribution in [1.82, 2.24) is 15.2 Å². The van der Waals surface area contributed by atoms with Crippen LogP contribution in [0.15, 0.2) is 30.5 Å². The summed E-state index contributed by atoms with van der Waals surface area (Å²) in [7, 11) is 4.11. The van der Waals surface area contributed by atoms with Crippen molar-refractivity contribution in [3.63, 3.8) is 0 Å². The van der Waals surface area contributed by atoms with E-state index in [0.29, 0.717) is 0 Å². The number of likely N-dealkylation sites (N-methyl/N-ethyl adjacent to an activating group) is 1. The SMILES string of the molecule is CNCCNCC(C)(C)c1cn(C)c2ccccc12. The van der Waals surface area contributed by atoms with Gasteiger partial charge in [-0.15, -0.1) is 0 Å². The summed E-state index contributed by atoms with van der Waals surface area (Å²) < 4.78 is 2.22. The summed E-state index contributed by atoms with van der Waals surface area (Å²) >= 11 is 0. The summed E-state index contributed by atoms with van der Waals surface area (Å²) in [6.07, 6.45) is 2.27. The van der Waals surface area contributed by atoms with Gasteiger partial charge in [-0.1, -0.05) is 32.0 Å². The molecular weight excluding hydrogens is 234 g/mol. The number of nitrogens with one attached hydrogen (secondary N) is 2.